The van der Waals surface area contributed by atoms with Crippen molar-refractivity contribution in [2.45, 2.75) is 25.3 Å². The highest BCUT2D eigenvalue weighted by Gasteiger charge is 2.41. The molecule has 3 nitrogen and oxygen atoms in total. The summed E-state index contributed by atoms with van der Waals surface area (Å²) in [6.07, 6.45) is 3.10. The van der Waals surface area contributed by atoms with Crippen molar-refractivity contribution in [2.75, 3.05) is 26.2 Å². The molecular weight excluding hydrogens is 510 g/mol. The van der Waals surface area contributed by atoms with Gasteiger partial charge in [0.1, 0.15) is 0 Å². The van der Waals surface area contributed by atoms with E-state index in [1.165, 1.54) is 55.8 Å². The van der Waals surface area contributed by atoms with E-state index in [0.29, 0.717) is 6.04 Å². The minimum Gasteiger partial charge on any atom is -0.371 e. The van der Waals surface area contributed by atoms with E-state index in [2.05, 4.69) is 132 Å². The van der Waals surface area contributed by atoms with E-state index in [4.69, 9.17) is 0 Å². The van der Waals surface area contributed by atoms with Gasteiger partial charge < -0.3 is 4.90 Å². The van der Waals surface area contributed by atoms with E-state index in [0.717, 1.165) is 43.7 Å². The van der Waals surface area contributed by atoms with E-state index in [-0.39, 0.29) is 5.92 Å². The molecule has 0 radical (unpaired) electrons. The molecule has 8 rings (SSSR count). The SMILES string of the molecule is CC1=C(C#N)C2=Cc3ccccc3C2C(N2CCN(C3c4ccccc4-c4ccccc43)CC2)=C1Cc1ccccc1. The Balaban J connectivity index is 1.19. The average Bonchev–Trinajstić information content (AvgIpc) is 3.58. The van der Waals surface area contributed by atoms with Crippen LogP contribution < -0.4 is 0 Å². The number of benzene rings is 4. The van der Waals surface area contributed by atoms with Crippen LogP contribution in [0.5, 0.6) is 0 Å². The number of rotatable bonds is 4. The van der Waals surface area contributed by atoms with Crippen LogP contribution in [0.2, 0.25) is 0 Å². The summed E-state index contributed by atoms with van der Waals surface area (Å²) in [5, 5.41) is 10.4. The van der Waals surface area contributed by atoms with Gasteiger partial charge in [0.25, 0.3) is 0 Å². The van der Waals surface area contributed by atoms with Crippen molar-refractivity contribution in [3.05, 3.63) is 159 Å². The summed E-state index contributed by atoms with van der Waals surface area (Å²) in [7, 11) is 0. The fourth-order valence-corrected chi connectivity index (χ4v) is 7.86. The van der Waals surface area contributed by atoms with Crippen molar-refractivity contribution in [3.63, 3.8) is 0 Å². The summed E-state index contributed by atoms with van der Waals surface area (Å²) in [5.74, 6) is 0.109. The molecule has 1 atom stereocenters. The van der Waals surface area contributed by atoms with Crippen LogP contribution in [0.25, 0.3) is 17.2 Å². The maximum Gasteiger partial charge on any atom is 0.0997 e. The number of hydrogen-bond acceptors (Lipinski definition) is 3. The first-order chi connectivity index (χ1) is 20.7. The maximum absolute atomic E-state index is 10.4. The Hall–Kier alpha value is -4.65. The second-order valence-electron chi connectivity index (χ2n) is 11.9. The lowest BCUT2D eigenvalue weighted by molar-refractivity contribution is 0.128. The van der Waals surface area contributed by atoms with Crippen LogP contribution in [0.3, 0.4) is 0 Å². The third-order valence-corrected chi connectivity index (χ3v) is 9.78. The molecule has 0 saturated carbocycles. The van der Waals surface area contributed by atoms with Crippen LogP contribution in [0.4, 0.5) is 0 Å². The van der Waals surface area contributed by atoms with Crippen LogP contribution in [0, 0.1) is 11.3 Å². The summed E-state index contributed by atoms with van der Waals surface area (Å²) >= 11 is 0. The van der Waals surface area contributed by atoms with Crippen LogP contribution in [-0.2, 0) is 6.42 Å². The number of nitrogens with zero attached hydrogens (tertiary/aromatic N) is 3. The summed E-state index contributed by atoms with van der Waals surface area (Å²) in [6, 6.07) is 40.3. The van der Waals surface area contributed by atoms with Gasteiger partial charge in [0.15, 0.2) is 0 Å². The van der Waals surface area contributed by atoms with Gasteiger partial charge in [-0.25, -0.2) is 0 Å². The highest BCUT2D eigenvalue weighted by Crippen LogP contribution is 2.52. The highest BCUT2D eigenvalue weighted by molar-refractivity contribution is 5.80. The first-order valence-corrected chi connectivity index (χ1v) is 15.1. The molecular formula is C39H33N3. The van der Waals surface area contributed by atoms with E-state index in [1.54, 1.807) is 0 Å². The Morgan fingerprint density at radius 3 is 1.98 bits per heavy atom. The van der Waals surface area contributed by atoms with Gasteiger partial charge >= 0.3 is 0 Å². The lowest BCUT2D eigenvalue weighted by Gasteiger charge is -2.44. The van der Waals surface area contributed by atoms with Crippen LogP contribution in [-0.4, -0.2) is 36.0 Å². The molecule has 3 aliphatic carbocycles. The first kappa shape index (κ1) is 25.1. The summed E-state index contributed by atoms with van der Waals surface area (Å²) < 4.78 is 0. The zero-order valence-corrected chi connectivity index (χ0v) is 23.9. The fraction of sp³-hybridized carbons (Fsp3) is 0.205. The molecule has 0 amide bonds. The molecule has 0 bridgehead atoms. The van der Waals surface area contributed by atoms with Crippen LogP contribution in [0.1, 0.15) is 46.7 Å². The monoisotopic (exact) mass is 543 g/mol. The molecule has 4 aliphatic rings. The molecule has 0 N–H and O–H groups in total. The molecule has 1 fully saturated rings. The Morgan fingerprint density at radius 2 is 1.31 bits per heavy atom. The standard InChI is InChI=1S/C39H33N3/c1-26-34(23-27-11-3-2-4-12-27)39(37-29-14-6-5-13-28(29)24-35(37)36(26)25-40)42-21-19-41(20-22-42)38-32-17-9-7-15-30(32)31-16-8-10-18-33(31)38/h2-18,24,37-38H,19-23H2,1H3. The third kappa shape index (κ3) is 3.83. The van der Waals surface area contributed by atoms with Crippen molar-refractivity contribution in [1.29, 1.82) is 5.26 Å². The normalized spacial score (nSPS) is 19.7. The molecule has 4 aromatic carbocycles. The molecule has 0 aromatic heterocycles. The minimum atomic E-state index is 0.109. The second-order valence-corrected chi connectivity index (χ2v) is 11.9. The van der Waals surface area contributed by atoms with E-state index >= 15 is 0 Å². The van der Waals surface area contributed by atoms with Gasteiger partial charge in [-0.05, 0) is 75.1 Å². The Bertz CT molecular complexity index is 1800. The van der Waals surface area contributed by atoms with Crippen LogP contribution in [0.15, 0.2) is 131 Å². The lowest BCUT2D eigenvalue weighted by Crippen LogP contribution is -2.48. The Morgan fingerprint density at radius 1 is 0.714 bits per heavy atom. The highest BCUT2D eigenvalue weighted by atomic mass is 15.3. The third-order valence-electron chi connectivity index (χ3n) is 9.78. The molecule has 1 heterocycles. The number of nitriles is 1. The van der Waals surface area contributed by atoms with Crippen molar-refractivity contribution in [2.24, 2.45) is 0 Å². The zero-order valence-electron chi connectivity index (χ0n) is 23.9. The van der Waals surface area contributed by atoms with E-state index < -0.39 is 0 Å². The van der Waals surface area contributed by atoms with Gasteiger partial charge in [0.2, 0.25) is 0 Å². The second kappa shape index (κ2) is 10.0. The molecule has 204 valence electrons. The summed E-state index contributed by atoms with van der Waals surface area (Å²) in [5.41, 5.74) is 15.4. The van der Waals surface area contributed by atoms with Gasteiger partial charge in [-0.3, -0.25) is 4.90 Å². The van der Waals surface area contributed by atoms with Crippen molar-refractivity contribution >= 4 is 6.08 Å². The number of allylic oxidation sites excluding steroid dienone is 4. The van der Waals surface area contributed by atoms with Crippen molar-refractivity contribution in [1.82, 2.24) is 9.80 Å². The molecule has 42 heavy (non-hydrogen) atoms. The summed E-state index contributed by atoms with van der Waals surface area (Å²) in [4.78, 5) is 5.34. The molecule has 3 heteroatoms. The molecule has 1 unspecified atom stereocenters. The molecule has 0 spiro atoms. The Kier molecular flexibility index (Phi) is 5.98. The Labute approximate surface area is 248 Å². The molecule has 1 aliphatic heterocycles. The predicted octanol–water partition coefficient (Wildman–Crippen LogP) is 7.91. The summed E-state index contributed by atoms with van der Waals surface area (Å²) in [6.45, 7) is 6.10. The van der Waals surface area contributed by atoms with Gasteiger partial charge in [-0.15, -0.1) is 0 Å². The smallest absolute Gasteiger partial charge is 0.0997 e. The quantitative estimate of drug-likeness (QED) is 0.262. The zero-order chi connectivity index (χ0) is 28.2. The van der Waals surface area contributed by atoms with Gasteiger partial charge in [0.05, 0.1) is 23.6 Å². The van der Waals surface area contributed by atoms with E-state index in [1.807, 2.05) is 0 Å². The fourth-order valence-electron chi connectivity index (χ4n) is 7.86. The topological polar surface area (TPSA) is 30.3 Å². The van der Waals surface area contributed by atoms with Gasteiger partial charge in [0, 0.05) is 31.9 Å². The van der Waals surface area contributed by atoms with Crippen molar-refractivity contribution in [3.8, 4) is 17.2 Å². The van der Waals surface area contributed by atoms with Crippen LogP contribution >= 0.6 is 0 Å². The first-order valence-electron chi connectivity index (χ1n) is 15.1. The lowest BCUT2D eigenvalue weighted by atomic mass is 9.76. The number of fused-ring (bicyclic) bond motifs is 6. The minimum absolute atomic E-state index is 0.109. The number of piperazine rings is 1. The van der Waals surface area contributed by atoms with Gasteiger partial charge in [-0.2, -0.15) is 5.26 Å². The predicted molar refractivity (Wildman–Crippen MR) is 170 cm³/mol. The largest absolute Gasteiger partial charge is 0.371 e. The molecule has 1 saturated heterocycles. The number of hydrogen-bond donors (Lipinski definition) is 0. The maximum atomic E-state index is 10.4. The molecule has 4 aromatic rings. The van der Waals surface area contributed by atoms with Gasteiger partial charge in [-0.1, -0.05) is 103 Å². The average molecular weight is 544 g/mol. The van der Waals surface area contributed by atoms with Crippen molar-refractivity contribution < 1.29 is 0 Å². The van der Waals surface area contributed by atoms with E-state index in [9.17, 15) is 5.26 Å².